The van der Waals surface area contributed by atoms with Crippen LogP contribution in [0.5, 0.6) is 0 Å². The van der Waals surface area contributed by atoms with Gasteiger partial charge in [0.1, 0.15) is 17.1 Å². The highest BCUT2D eigenvalue weighted by Gasteiger charge is 2.23. The van der Waals surface area contributed by atoms with E-state index in [1.165, 1.54) is 15.6 Å². The van der Waals surface area contributed by atoms with Crippen LogP contribution in [0.1, 0.15) is 33.9 Å². The van der Waals surface area contributed by atoms with Crippen molar-refractivity contribution < 1.29 is 14.5 Å². The summed E-state index contributed by atoms with van der Waals surface area (Å²) in [4.78, 5) is 35.7. The average Bonchev–Trinajstić information content (AvgIpc) is 3.35. The summed E-state index contributed by atoms with van der Waals surface area (Å²) < 4.78 is 4.44. The molecule has 13 nitrogen and oxygen atoms in total. The molecule has 164 valence electrons. The minimum atomic E-state index is -0.486. The number of nitrogens with zero attached hydrogens (tertiary/aromatic N) is 7. The number of amides is 2. The second kappa shape index (κ2) is 8.77. The first-order valence-electron chi connectivity index (χ1n) is 9.43. The van der Waals surface area contributed by atoms with Crippen LogP contribution < -0.4 is 10.6 Å². The monoisotopic (exact) mass is 429 g/mol. The Kier molecular flexibility index (Phi) is 6.13. The van der Waals surface area contributed by atoms with Gasteiger partial charge < -0.3 is 10.6 Å². The molecule has 0 bridgehead atoms. The lowest BCUT2D eigenvalue weighted by Gasteiger charge is -2.09. The van der Waals surface area contributed by atoms with Gasteiger partial charge >= 0.3 is 5.69 Å². The minimum absolute atomic E-state index is 0.0186. The number of aryl methyl sites for hydroxylation is 4. The lowest BCUT2D eigenvalue weighted by atomic mass is 10.3. The Labute approximate surface area is 177 Å². The lowest BCUT2D eigenvalue weighted by molar-refractivity contribution is -0.386. The number of hydrogen-bond acceptors (Lipinski definition) is 7. The van der Waals surface area contributed by atoms with Gasteiger partial charge in [-0.15, -0.1) is 0 Å². The number of nitro groups is 1. The van der Waals surface area contributed by atoms with Gasteiger partial charge in [-0.3, -0.25) is 33.7 Å². The molecule has 3 aromatic rings. The zero-order valence-corrected chi connectivity index (χ0v) is 17.6. The zero-order valence-electron chi connectivity index (χ0n) is 17.6. The predicted octanol–water partition coefficient (Wildman–Crippen LogP) is 0.834. The molecule has 3 heterocycles. The molecule has 2 N–H and O–H groups in total. The molecule has 3 aromatic heterocycles. The van der Waals surface area contributed by atoms with Gasteiger partial charge in [0, 0.05) is 38.8 Å². The van der Waals surface area contributed by atoms with E-state index in [-0.39, 0.29) is 42.5 Å². The standard InChI is InChI=1S/C18H23N9O4/c1-11-16(27(30)31)12(2)26(23-11)6-5-15(28)22-14-9-21-25(4)17(14)18(29)19-7-13-8-20-24(3)10-13/h8-10H,5-7H2,1-4H3,(H,19,29)(H,22,28). The molecule has 0 saturated heterocycles. The molecule has 0 aliphatic heterocycles. The molecule has 0 aromatic carbocycles. The summed E-state index contributed by atoms with van der Waals surface area (Å²) in [5.41, 5.74) is 1.94. The largest absolute Gasteiger partial charge is 0.346 e. The summed E-state index contributed by atoms with van der Waals surface area (Å²) in [5, 5.41) is 28.8. The first-order valence-corrected chi connectivity index (χ1v) is 9.43. The summed E-state index contributed by atoms with van der Waals surface area (Å²) in [7, 11) is 3.38. The van der Waals surface area contributed by atoms with Crippen LogP contribution in [0.3, 0.4) is 0 Å². The van der Waals surface area contributed by atoms with E-state index < -0.39 is 10.8 Å². The summed E-state index contributed by atoms with van der Waals surface area (Å²) in [6, 6.07) is 0. The van der Waals surface area contributed by atoms with Gasteiger partial charge in [0.2, 0.25) is 5.91 Å². The zero-order chi connectivity index (χ0) is 22.7. The van der Waals surface area contributed by atoms with E-state index in [0.29, 0.717) is 11.4 Å². The fourth-order valence-electron chi connectivity index (χ4n) is 3.22. The Hall–Kier alpha value is -4.03. The van der Waals surface area contributed by atoms with Gasteiger partial charge in [0.25, 0.3) is 5.91 Å². The number of carbonyl (C=O) groups is 2. The number of aromatic nitrogens is 6. The minimum Gasteiger partial charge on any atom is -0.346 e. The summed E-state index contributed by atoms with van der Waals surface area (Å²) in [5.74, 6) is -0.766. The molecule has 0 radical (unpaired) electrons. The number of nitrogens with one attached hydrogen (secondary N) is 2. The van der Waals surface area contributed by atoms with Crippen molar-refractivity contribution in [2.24, 2.45) is 14.1 Å². The Morgan fingerprint density at radius 2 is 1.94 bits per heavy atom. The highest BCUT2D eigenvalue weighted by atomic mass is 16.6. The Morgan fingerprint density at radius 3 is 2.55 bits per heavy atom. The molecule has 0 saturated carbocycles. The summed E-state index contributed by atoms with van der Waals surface area (Å²) in [6.07, 6.45) is 4.85. The van der Waals surface area contributed by atoms with Crippen molar-refractivity contribution in [3.05, 3.63) is 51.4 Å². The van der Waals surface area contributed by atoms with Gasteiger partial charge in [0.05, 0.1) is 29.5 Å². The Bertz CT molecular complexity index is 1140. The van der Waals surface area contributed by atoms with Crippen LogP contribution in [0.25, 0.3) is 0 Å². The van der Waals surface area contributed by atoms with Gasteiger partial charge in [-0.25, -0.2) is 0 Å². The smallest absolute Gasteiger partial charge is 0.312 e. The molecule has 2 amide bonds. The molecule has 0 unspecified atom stereocenters. The van der Waals surface area contributed by atoms with Crippen LogP contribution in [0.15, 0.2) is 18.6 Å². The molecule has 3 rings (SSSR count). The van der Waals surface area contributed by atoms with Crippen molar-refractivity contribution in [2.75, 3.05) is 5.32 Å². The second-order valence-electron chi connectivity index (χ2n) is 7.03. The first-order chi connectivity index (χ1) is 14.7. The Balaban J connectivity index is 1.62. The summed E-state index contributed by atoms with van der Waals surface area (Å²) in [6.45, 7) is 3.58. The third-order valence-electron chi connectivity index (χ3n) is 4.72. The maximum absolute atomic E-state index is 12.6. The van der Waals surface area contributed by atoms with Crippen LogP contribution >= 0.6 is 0 Å². The predicted molar refractivity (Wildman–Crippen MR) is 109 cm³/mol. The highest BCUT2D eigenvalue weighted by molar-refractivity contribution is 6.02. The van der Waals surface area contributed by atoms with E-state index >= 15 is 0 Å². The second-order valence-corrected chi connectivity index (χ2v) is 7.03. The fourth-order valence-corrected chi connectivity index (χ4v) is 3.22. The third kappa shape index (κ3) is 4.76. The van der Waals surface area contributed by atoms with Crippen LogP contribution in [-0.2, 0) is 32.0 Å². The Morgan fingerprint density at radius 1 is 1.19 bits per heavy atom. The van der Waals surface area contributed by atoms with Gasteiger partial charge in [-0.2, -0.15) is 15.3 Å². The molecule has 13 heteroatoms. The van der Waals surface area contributed by atoms with E-state index in [1.54, 1.807) is 45.0 Å². The normalized spacial score (nSPS) is 10.8. The molecular weight excluding hydrogens is 406 g/mol. The van der Waals surface area contributed by atoms with Gasteiger partial charge in [0.15, 0.2) is 0 Å². The number of rotatable bonds is 8. The topological polar surface area (TPSA) is 155 Å². The maximum Gasteiger partial charge on any atom is 0.312 e. The van der Waals surface area contributed by atoms with Crippen molar-refractivity contribution in [3.8, 4) is 0 Å². The average molecular weight is 429 g/mol. The molecule has 0 fully saturated rings. The van der Waals surface area contributed by atoms with E-state index in [2.05, 4.69) is 25.9 Å². The SMILES string of the molecule is Cc1nn(CCC(=O)Nc2cnn(C)c2C(=O)NCc2cnn(C)c2)c(C)c1[N+](=O)[O-]. The quantitative estimate of drug-likeness (QED) is 0.397. The van der Waals surface area contributed by atoms with E-state index in [4.69, 9.17) is 0 Å². The molecule has 0 aliphatic carbocycles. The number of anilines is 1. The maximum atomic E-state index is 12.6. The van der Waals surface area contributed by atoms with Crippen LogP contribution in [0, 0.1) is 24.0 Å². The third-order valence-corrected chi connectivity index (χ3v) is 4.72. The lowest BCUT2D eigenvalue weighted by Crippen LogP contribution is -2.27. The van der Waals surface area contributed by atoms with Crippen molar-refractivity contribution in [1.29, 1.82) is 0 Å². The molecule has 0 spiro atoms. The molecule has 0 atom stereocenters. The molecule has 0 aliphatic rings. The van der Waals surface area contributed by atoms with Crippen molar-refractivity contribution in [1.82, 2.24) is 34.7 Å². The molecular formula is C18H23N9O4. The van der Waals surface area contributed by atoms with Crippen molar-refractivity contribution >= 4 is 23.2 Å². The van der Waals surface area contributed by atoms with E-state index in [0.717, 1.165) is 5.56 Å². The summed E-state index contributed by atoms with van der Waals surface area (Å²) >= 11 is 0. The van der Waals surface area contributed by atoms with Gasteiger partial charge in [-0.1, -0.05) is 0 Å². The van der Waals surface area contributed by atoms with E-state index in [1.807, 2.05) is 0 Å². The first kappa shape index (κ1) is 21.7. The molecule has 31 heavy (non-hydrogen) atoms. The van der Waals surface area contributed by atoms with Crippen LogP contribution in [0.2, 0.25) is 0 Å². The van der Waals surface area contributed by atoms with Crippen LogP contribution in [0.4, 0.5) is 11.4 Å². The van der Waals surface area contributed by atoms with E-state index in [9.17, 15) is 19.7 Å². The fraction of sp³-hybridized carbons (Fsp3) is 0.389. The van der Waals surface area contributed by atoms with Gasteiger partial charge in [-0.05, 0) is 13.8 Å². The van der Waals surface area contributed by atoms with Crippen LogP contribution in [-0.4, -0.2) is 46.1 Å². The van der Waals surface area contributed by atoms with Crippen molar-refractivity contribution in [2.45, 2.75) is 33.4 Å². The number of hydrogen-bond donors (Lipinski definition) is 2. The highest BCUT2D eigenvalue weighted by Crippen LogP contribution is 2.22. The van der Waals surface area contributed by atoms with Crippen molar-refractivity contribution in [3.63, 3.8) is 0 Å². The number of carbonyl (C=O) groups excluding carboxylic acids is 2.